The van der Waals surface area contributed by atoms with Gasteiger partial charge >= 0.3 is 0 Å². The number of nitrogens with zero attached hydrogens (tertiary/aromatic N) is 3. The Morgan fingerprint density at radius 3 is 2.74 bits per heavy atom. The first-order valence-corrected chi connectivity index (χ1v) is 7.11. The second-order valence-electron chi connectivity index (χ2n) is 6.03. The van der Waals surface area contributed by atoms with Crippen LogP contribution in [0.2, 0.25) is 0 Å². The van der Waals surface area contributed by atoms with Crippen molar-refractivity contribution >= 4 is 11.6 Å². The molecule has 0 saturated heterocycles. The van der Waals surface area contributed by atoms with Crippen LogP contribution in [-0.2, 0) is 6.42 Å². The molecule has 2 aromatic heterocycles. The van der Waals surface area contributed by atoms with Crippen molar-refractivity contribution in [3.8, 4) is 0 Å². The van der Waals surface area contributed by atoms with Gasteiger partial charge in [0.15, 0.2) is 0 Å². The summed E-state index contributed by atoms with van der Waals surface area (Å²) in [6, 6.07) is 1.94. The first kappa shape index (κ1) is 13.8. The van der Waals surface area contributed by atoms with Gasteiger partial charge in [-0.2, -0.15) is 0 Å². The number of aryl methyl sites for hydroxylation is 1. The van der Waals surface area contributed by atoms with E-state index in [4.69, 9.17) is 0 Å². The smallest absolute Gasteiger partial charge is 0.235 e. The standard InChI is InChI=1S/C15H24N4/c1-5-6-7-9-12-13(18-15(2,3)4)19-11-8-10-16-14(19)17-12/h8,10-11,18H,5-7,9H2,1-4H3. The maximum atomic E-state index is 4.66. The van der Waals surface area contributed by atoms with Crippen molar-refractivity contribution in [2.45, 2.75) is 58.9 Å². The monoisotopic (exact) mass is 260 g/mol. The molecule has 0 aliphatic heterocycles. The number of unbranched alkanes of at least 4 members (excludes halogenated alkanes) is 2. The van der Waals surface area contributed by atoms with Gasteiger partial charge in [-0.25, -0.2) is 9.97 Å². The maximum absolute atomic E-state index is 4.66. The minimum atomic E-state index is 0.0192. The topological polar surface area (TPSA) is 42.2 Å². The normalized spacial score (nSPS) is 12.0. The van der Waals surface area contributed by atoms with Crippen LogP contribution < -0.4 is 5.32 Å². The molecule has 4 nitrogen and oxygen atoms in total. The minimum absolute atomic E-state index is 0.0192. The zero-order chi connectivity index (χ0) is 13.9. The van der Waals surface area contributed by atoms with Gasteiger partial charge < -0.3 is 5.32 Å². The zero-order valence-corrected chi connectivity index (χ0v) is 12.4. The van der Waals surface area contributed by atoms with Gasteiger partial charge in [-0.1, -0.05) is 19.8 Å². The van der Waals surface area contributed by atoms with E-state index < -0.39 is 0 Å². The second-order valence-corrected chi connectivity index (χ2v) is 6.03. The summed E-state index contributed by atoms with van der Waals surface area (Å²) in [6.07, 6.45) is 8.48. The summed E-state index contributed by atoms with van der Waals surface area (Å²) in [6.45, 7) is 8.72. The largest absolute Gasteiger partial charge is 0.365 e. The molecule has 19 heavy (non-hydrogen) atoms. The Balaban J connectivity index is 2.34. The Morgan fingerprint density at radius 1 is 1.26 bits per heavy atom. The Labute approximate surface area is 115 Å². The molecule has 0 fully saturated rings. The third-order valence-corrected chi connectivity index (χ3v) is 2.99. The Kier molecular flexibility index (Phi) is 4.08. The van der Waals surface area contributed by atoms with Crippen LogP contribution in [0, 0.1) is 0 Å². The molecule has 104 valence electrons. The molecule has 2 heterocycles. The molecule has 0 atom stereocenters. The lowest BCUT2D eigenvalue weighted by Gasteiger charge is -2.22. The zero-order valence-electron chi connectivity index (χ0n) is 12.4. The highest BCUT2D eigenvalue weighted by atomic mass is 15.2. The molecular formula is C15H24N4. The van der Waals surface area contributed by atoms with Crippen LogP contribution in [-0.4, -0.2) is 19.9 Å². The van der Waals surface area contributed by atoms with Crippen LogP contribution >= 0.6 is 0 Å². The summed E-state index contributed by atoms with van der Waals surface area (Å²) < 4.78 is 2.05. The minimum Gasteiger partial charge on any atom is -0.365 e. The number of nitrogens with one attached hydrogen (secondary N) is 1. The van der Waals surface area contributed by atoms with E-state index in [9.17, 15) is 0 Å². The first-order chi connectivity index (χ1) is 9.01. The highest BCUT2D eigenvalue weighted by molar-refractivity contribution is 5.52. The molecule has 0 amide bonds. The summed E-state index contributed by atoms with van der Waals surface area (Å²) in [5, 5.41) is 3.56. The van der Waals surface area contributed by atoms with Crippen LogP contribution in [0.15, 0.2) is 18.5 Å². The van der Waals surface area contributed by atoms with Gasteiger partial charge in [-0.15, -0.1) is 0 Å². The fraction of sp³-hybridized carbons (Fsp3) is 0.600. The molecule has 0 aliphatic rings. The maximum Gasteiger partial charge on any atom is 0.235 e. The summed E-state index contributed by atoms with van der Waals surface area (Å²) in [7, 11) is 0. The molecule has 0 saturated carbocycles. The number of hydrogen-bond donors (Lipinski definition) is 1. The van der Waals surface area contributed by atoms with E-state index in [1.165, 1.54) is 19.3 Å². The average Bonchev–Trinajstić information content (AvgIpc) is 2.66. The van der Waals surface area contributed by atoms with Crippen LogP contribution in [0.1, 0.15) is 52.7 Å². The number of hydrogen-bond acceptors (Lipinski definition) is 3. The summed E-state index contributed by atoms with van der Waals surface area (Å²) in [4.78, 5) is 8.99. The fourth-order valence-corrected chi connectivity index (χ4v) is 2.14. The van der Waals surface area contributed by atoms with Crippen molar-refractivity contribution < 1.29 is 0 Å². The molecule has 0 spiro atoms. The van der Waals surface area contributed by atoms with Gasteiger partial charge in [0.05, 0.1) is 5.69 Å². The number of anilines is 1. The highest BCUT2D eigenvalue weighted by Gasteiger charge is 2.17. The molecule has 0 unspecified atom stereocenters. The quantitative estimate of drug-likeness (QED) is 0.834. The SMILES string of the molecule is CCCCCc1nc2ncccn2c1NC(C)(C)C. The Hall–Kier alpha value is -1.58. The molecule has 2 aromatic rings. The van der Waals surface area contributed by atoms with E-state index in [0.717, 1.165) is 23.7 Å². The molecule has 0 bridgehead atoms. The first-order valence-electron chi connectivity index (χ1n) is 7.11. The molecule has 0 aliphatic carbocycles. The van der Waals surface area contributed by atoms with E-state index in [1.807, 2.05) is 16.7 Å². The predicted octanol–water partition coefficient (Wildman–Crippen LogP) is 3.67. The number of fused-ring (bicyclic) bond motifs is 1. The van der Waals surface area contributed by atoms with Crippen LogP contribution in [0.4, 0.5) is 5.82 Å². The lowest BCUT2D eigenvalue weighted by molar-refractivity contribution is 0.625. The van der Waals surface area contributed by atoms with E-state index in [1.54, 1.807) is 6.20 Å². The van der Waals surface area contributed by atoms with Crippen molar-refractivity contribution in [3.63, 3.8) is 0 Å². The van der Waals surface area contributed by atoms with Gasteiger partial charge in [-0.05, 0) is 39.7 Å². The van der Waals surface area contributed by atoms with E-state index in [-0.39, 0.29) is 5.54 Å². The number of imidazole rings is 1. The number of rotatable bonds is 5. The lowest BCUT2D eigenvalue weighted by atomic mass is 10.1. The second kappa shape index (κ2) is 5.59. The molecule has 1 N–H and O–H groups in total. The molecular weight excluding hydrogens is 236 g/mol. The van der Waals surface area contributed by atoms with E-state index in [2.05, 4.69) is 43.0 Å². The van der Waals surface area contributed by atoms with Crippen molar-refractivity contribution in [1.82, 2.24) is 14.4 Å². The Morgan fingerprint density at radius 2 is 2.05 bits per heavy atom. The van der Waals surface area contributed by atoms with Gasteiger partial charge in [0.1, 0.15) is 5.82 Å². The van der Waals surface area contributed by atoms with Gasteiger partial charge in [0.2, 0.25) is 5.78 Å². The molecule has 4 heteroatoms. The highest BCUT2D eigenvalue weighted by Crippen LogP contribution is 2.22. The molecule has 2 rings (SSSR count). The summed E-state index contributed by atoms with van der Waals surface area (Å²) in [5.74, 6) is 1.87. The van der Waals surface area contributed by atoms with Crippen molar-refractivity contribution in [3.05, 3.63) is 24.2 Å². The van der Waals surface area contributed by atoms with Crippen molar-refractivity contribution in [2.75, 3.05) is 5.32 Å². The average molecular weight is 260 g/mol. The predicted molar refractivity (Wildman–Crippen MR) is 79.6 cm³/mol. The van der Waals surface area contributed by atoms with Gasteiger partial charge in [-0.3, -0.25) is 4.40 Å². The van der Waals surface area contributed by atoms with Crippen LogP contribution in [0.25, 0.3) is 5.78 Å². The lowest BCUT2D eigenvalue weighted by Crippen LogP contribution is -2.27. The fourth-order valence-electron chi connectivity index (χ4n) is 2.14. The third kappa shape index (κ3) is 3.46. The third-order valence-electron chi connectivity index (χ3n) is 2.99. The van der Waals surface area contributed by atoms with Crippen molar-refractivity contribution in [2.24, 2.45) is 0 Å². The molecule has 0 aromatic carbocycles. The number of aromatic nitrogens is 3. The van der Waals surface area contributed by atoms with Gasteiger partial charge in [0.25, 0.3) is 0 Å². The summed E-state index contributed by atoms with van der Waals surface area (Å²) in [5.41, 5.74) is 1.15. The van der Waals surface area contributed by atoms with E-state index >= 15 is 0 Å². The van der Waals surface area contributed by atoms with E-state index in [0.29, 0.717) is 0 Å². The van der Waals surface area contributed by atoms with Gasteiger partial charge in [0, 0.05) is 17.9 Å². The van der Waals surface area contributed by atoms with Crippen LogP contribution in [0.5, 0.6) is 0 Å². The molecule has 0 radical (unpaired) electrons. The van der Waals surface area contributed by atoms with Crippen molar-refractivity contribution in [1.29, 1.82) is 0 Å². The van der Waals surface area contributed by atoms with Crippen LogP contribution in [0.3, 0.4) is 0 Å². The Bertz CT molecular complexity index is 537. The summed E-state index contributed by atoms with van der Waals surface area (Å²) >= 11 is 0.